The summed E-state index contributed by atoms with van der Waals surface area (Å²) in [6.07, 6.45) is 15.1. The Hall–Kier alpha value is -1.12. The number of hydrogen-bond donors (Lipinski definition) is 0. The molecule has 0 amide bonds. The predicted molar refractivity (Wildman–Crippen MR) is 91.4 cm³/mol. The van der Waals surface area contributed by atoms with E-state index in [-0.39, 0.29) is 10.3 Å². The fourth-order valence-corrected chi connectivity index (χ4v) is 6.89. The van der Waals surface area contributed by atoms with Crippen molar-refractivity contribution in [1.29, 1.82) is 0 Å². The molecule has 0 heterocycles. The van der Waals surface area contributed by atoms with Crippen molar-refractivity contribution >= 4 is 0 Å². The number of rotatable bonds is 1. The van der Waals surface area contributed by atoms with Gasteiger partial charge in [-0.2, -0.15) is 0 Å². The van der Waals surface area contributed by atoms with Crippen molar-refractivity contribution in [2.75, 3.05) is 0 Å². The van der Waals surface area contributed by atoms with Crippen LogP contribution in [0.2, 0.25) is 0 Å². The predicted octanol–water partition coefficient (Wildman–Crippen LogP) is 5.50. The highest BCUT2D eigenvalue weighted by Crippen LogP contribution is 2.66. The maximum absolute atomic E-state index is 11.0. The number of nitro groups is 1. The van der Waals surface area contributed by atoms with Gasteiger partial charge in [-0.25, -0.2) is 0 Å². The van der Waals surface area contributed by atoms with Crippen LogP contribution in [0.5, 0.6) is 0 Å². The van der Waals surface area contributed by atoms with Crippen LogP contribution in [0.25, 0.3) is 0 Å². The molecule has 0 bridgehead atoms. The fourth-order valence-electron chi connectivity index (χ4n) is 6.89. The van der Waals surface area contributed by atoms with Gasteiger partial charge in [0.2, 0.25) is 6.20 Å². The molecule has 0 N–H and O–H groups in total. The summed E-state index contributed by atoms with van der Waals surface area (Å²) < 4.78 is 0. The van der Waals surface area contributed by atoms with Gasteiger partial charge < -0.3 is 0 Å². The van der Waals surface area contributed by atoms with Gasteiger partial charge in [-0.05, 0) is 80.0 Å². The molecule has 0 aliphatic heterocycles. The second-order valence-corrected chi connectivity index (χ2v) is 8.90. The summed E-state index contributed by atoms with van der Waals surface area (Å²) >= 11 is 0. The molecule has 0 aromatic rings. The van der Waals surface area contributed by atoms with Gasteiger partial charge in [0, 0.05) is 5.57 Å². The molecule has 0 spiro atoms. The normalized spacial score (nSPS) is 47.5. The van der Waals surface area contributed by atoms with Crippen molar-refractivity contribution in [3.8, 4) is 0 Å². The Morgan fingerprint density at radius 3 is 2.70 bits per heavy atom. The summed E-state index contributed by atoms with van der Waals surface area (Å²) in [7, 11) is 0. The van der Waals surface area contributed by atoms with Crippen LogP contribution in [0.1, 0.15) is 71.6 Å². The first-order valence-electron chi connectivity index (χ1n) is 9.49. The number of nitrogens with zero attached hydrogens (tertiary/aromatic N) is 1. The van der Waals surface area contributed by atoms with Crippen molar-refractivity contribution in [3.05, 3.63) is 33.5 Å². The average Bonchev–Trinajstić information content (AvgIpc) is 2.83. The van der Waals surface area contributed by atoms with Crippen LogP contribution in [-0.4, -0.2) is 4.92 Å². The molecular formula is C20H29NO2. The van der Waals surface area contributed by atoms with Crippen molar-refractivity contribution in [2.24, 2.45) is 28.6 Å². The summed E-state index contributed by atoms with van der Waals surface area (Å²) in [5, 5.41) is 11.0. The van der Waals surface area contributed by atoms with E-state index in [0.29, 0.717) is 11.3 Å². The van der Waals surface area contributed by atoms with Gasteiger partial charge in [0.25, 0.3) is 0 Å². The second kappa shape index (κ2) is 5.19. The lowest BCUT2D eigenvalue weighted by molar-refractivity contribution is -0.404. The third-order valence-electron chi connectivity index (χ3n) is 8.13. The second-order valence-electron chi connectivity index (χ2n) is 8.90. The van der Waals surface area contributed by atoms with Gasteiger partial charge in [-0.1, -0.05) is 31.9 Å². The molecule has 0 aromatic heterocycles. The van der Waals surface area contributed by atoms with E-state index in [9.17, 15) is 10.1 Å². The molecule has 23 heavy (non-hydrogen) atoms. The molecule has 0 unspecified atom stereocenters. The highest BCUT2D eigenvalue weighted by molar-refractivity contribution is 5.28. The number of allylic oxidation sites excluding steroid dienone is 3. The molecule has 0 radical (unpaired) electrons. The molecule has 3 nitrogen and oxygen atoms in total. The van der Waals surface area contributed by atoms with Gasteiger partial charge in [0.05, 0.1) is 4.92 Å². The fraction of sp³-hybridized carbons (Fsp3) is 0.800. The number of fused-ring (bicyclic) bond motifs is 5. The van der Waals surface area contributed by atoms with Crippen LogP contribution in [0.15, 0.2) is 23.4 Å². The Morgan fingerprint density at radius 2 is 1.91 bits per heavy atom. The minimum absolute atomic E-state index is 0.0879. The molecule has 4 aliphatic carbocycles. The third kappa shape index (κ3) is 2.15. The van der Waals surface area contributed by atoms with E-state index in [1.165, 1.54) is 44.7 Å². The van der Waals surface area contributed by atoms with Crippen LogP contribution in [0, 0.1) is 38.7 Å². The standard InChI is InChI=1S/C20H29NO2/c1-19-11-4-3-5-14(19)6-8-16-17-9-7-15(13-21(22)23)20(17,2)12-10-18(16)19/h6,13,16-18H,3-5,7-12H2,1-2H3/b15-13-/t16-,17-,18-,19-,20+/m0/s1. The van der Waals surface area contributed by atoms with Crippen molar-refractivity contribution in [1.82, 2.24) is 0 Å². The molecule has 126 valence electrons. The zero-order valence-corrected chi connectivity index (χ0v) is 14.5. The summed E-state index contributed by atoms with van der Waals surface area (Å²) in [4.78, 5) is 10.8. The Bertz CT molecular complexity index is 592. The molecule has 5 atom stereocenters. The lowest BCUT2D eigenvalue weighted by atomic mass is 9.48. The van der Waals surface area contributed by atoms with E-state index in [2.05, 4.69) is 19.9 Å². The Labute approximate surface area is 139 Å². The van der Waals surface area contributed by atoms with Gasteiger partial charge in [0.1, 0.15) is 0 Å². The van der Waals surface area contributed by atoms with Gasteiger partial charge in [-0.15, -0.1) is 0 Å². The highest BCUT2D eigenvalue weighted by Gasteiger charge is 2.57. The van der Waals surface area contributed by atoms with Crippen LogP contribution in [0.4, 0.5) is 0 Å². The Balaban J connectivity index is 1.68. The first-order valence-corrected chi connectivity index (χ1v) is 9.49. The topological polar surface area (TPSA) is 43.1 Å². The Morgan fingerprint density at radius 1 is 1.13 bits per heavy atom. The van der Waals surface area contributed by atoms with Crippen LogP contribution in [-0.2, 0) is 0 Å². The van der Waals surface area contributed by atoms with E-state index < -0.39 is 0 Å². The molecule has 3 heteroatoms. The molecule has 3 fully saturated rings. The minimum atomic E-state index is -0.226. The summed E-state index contributed by atoms with van der Waals surface area (Å²) in [6, 6.07) is 0. The monoisotopic (exact) mass is 315 g/mol. The van der Waals surface area contributed by atoms with Gasteiger partial charge in [-0.3, -0.25) is 10.1 Å². The highest BCUT2D eigenvalue weighted by atomic mass is 16.6. The first-order chi connectivity index (χ1) is 10.9. The minimum Gasteiger partial charge on any atom is -0.259 e. The number of hydrogen-bond acceptors (Lipinski definition) is 2. The largest absolute Gasteiger partial charge is 0.259 e. The summed E-state index contributed by atoms with van der Waals surface area (Å²) in [5.41, 5.74) is 3.38. The molecule has 0 saturated heterocycles. The molecule has 4 rings (SSSR count). The third-order valence-corrected chi connectivity index (χ3v) is 8.13. The summed E-state index contributed by atoms with van der Waals surface area (Å²) in [6.45, 7) is 4.85. The first kappa shape index (κ1) is 15.4. The van der Waals surface area contributed by atoms with E-state index in [1.807, 2.05) is 0 Å². The quantitative estimate of drug-likeness (QED) is 0.364. The molecular weight excluding hydrogens is 286 g/mol. The average molecular weight is 315 g/mol. The van der Waals surface area contributed by atoms with Crippen molar-refractivity contribution in [3.63, 3.8) is 0 Å². The Kier molecular flexibility index (Phi) is 3.48. The summed E-state index contributed by atoms with van der Waals surface area (Å²) in [5.74, 6) is 2.22. The zero-order chi connectivity index (χ0) is 16.2. The van der Waals surface area contributed by atoms with Crippen LogP contribution < -0.4 is 0 Å². The van der Waals surface area contributed by atoms with E-state index in [0.717, 1.165) is 36.7 Å². The van der Waals surface area contributed by atoms with Crippen LogP contribution in [0.3, 0.4) is 0 Å². The maximum atomic E-state index is 11.0. The lowest BCUT2D eigenvalue weighted by Crippen LogP contribution is -2.48. The molecule has 3 saturated carbocycles. The maximum Gasteiger partial charge on any atom is 0.234 e. The van der Waals surface area contributed by atoms with E-state index >= 15 is 0 Å². The van der Waals surface area contributed by atoms with Gasteiger partial charge in [0.15, 0.2) is 0 Å². The SMILES string of the molecule is C[C@]12CCCCC1=CC[C@@H]1[C@@H]2CC[C@]2(C)/C(=C\[N+](=O)[O-])CC[C@@H]12. The lowest BCUT2D eigenvalue weighted by Gasteiger charge is -2.56. The van der Waals surface area contributed by atoms with Gasteiger partial charge >= 0.3 is 0 Å². The zero-order valence-electron chi connectivity index (χ0n) is 14.5. The van der Waals surface area contributed by atoms with Crippen LogP contribution >= 0.6 is 0 Å². The smallest absolute Gasteiger partial charge is 0.234 e. The molecule has 4 aliphatic rings. The van der Waals surface area contributed by atoms with Crippen molar-refractivity contribution < 1.29 is 4.92 Å². The molecule has 0 aromatic carbocycles. The van der Waals surface area contributed by atoms with E-state index in [1.54, 1.807) is 5.57 Å². The van der Waals surface area contributed by atoms with Crippen molar-refractivity contribution in [2.45, 2.75) is 71.6 Å². The van der Waals surface area contributed by atoms with E-state index in [4.69, 9.17) is 0 Å².